The van der Waals surface area contributed by atoms with Gasteiger partial charge in [-0.1, -0.05) is 42.5 Å². The fraction of sp³-hybridized carbons (Fsp3) is 0.240. The van der Waals surface area contributed by atoms with Crippen LogP contribution in [0.1, 0.15) is 35.2 Å². The normalized spacial score (nSPS) is 15.8. The van der Waals surface area contributed by atoms with Crippen LogP contribution in [0, 0.1) is 5.82 Å². The lowest BCUT2D eigenvalue weighted by Crippen LogP contribution is -2.35. The minimum atomic E-state index is -0.326. The standard InChI is InChI=1S/C25H24FN3O2/c26-21-8-4-7-19(15-21)23-11-9-20(16-28-23)25(31)27-14-13-22-10-12-24(30)29(22)17-18-5-2-1-3-6-18/h1-9,11,15-16,22H,10,12-14,17H2,(H,27,31). The number of benzene rings is 2. The van der Waals surface area contributed by atoms with E-state index in [1.165, 1.54) is 18.3 Å². The van der Waals surface area contributed by atoms with Crippen LogP contribution in [0.4, 0.5) is 4.39 Å². The van der Waals surface area contributed by atoms with Crippen molar-refractivity contribution in [3.05, 3.63) is 89.9 Å². The fourth-order valence-corrected chi connectivity index (χ4v) is 3.89. The van der Waals surface area contributed by atoms with Crippen LogP contribution < -0.4 is 5.32 Å². The fourth-order valence-electron chi connectivity index (χ4n) is 3.89. The molecule has 1 saturated heterocycles. The second-order valence-electron chi connectivity index (χ2n) is 7.69. The molecule has 5 nitrogen and oxygen atoms in total. The largest absolute Gasteiger partial charge is 0.352 e. The van der Waals surface area contributed by atoms with Crippen molar-refractivity contribution in [2.45, 2.75) is 31.8 Å². The van der Waals surface area contributed by atoms with Gasteiger partial charge in [0.05, 0.1) is 11.3 Å². The van der Waals surface area contributed by atoms with Crippen molar-refractivity contribution < 1.29 is 14.0 Å². The molecule has 0 bridgehead atoms. The Balaban J connectivity index is 1.31. The van der Waals surface area contributed by atoms with E-state index in [9.17, 15) is 14.0 Å². The first-order valence-electron chi connectivity index (χ1n) is 10.4. The Bertz CT molecular complexity index is 1050. The molecule has 6 heteroatoms. The molecule has 4 rings (SSSR count). The topological polar surface area (TPSA) is 62.3 Å². The molecule has 2 heterocycles. The van der Waals surface area contributed by atoms with Gasteiger partial charge in [0.15, 0.2) is 0 Å². The van der Waals surface area contributed by atoms with Gasteiger partial charge in [0.25, 0.3) is 5.91 Å². The molecule has 1 aliphatic heterocycles. The SMILES string of the molecule is O=C(NCCC1CCC(=O)N1Cc1ccccc1)c1ccc(-c2cccc(F)c2)nc1. The second-order valence-corrected chi connectivity index (χ2v) is 7.69. The zero-order chi connectivity index (χ0) is 21.6. The van der Waals surface area contributed by atoms with Gasteiger partial charge < -0.3 is 10.2 Å². The molecule has 0 aliphatic carbocycles. The van der Waals surface area contributed by atoms with Crippen molar-refractivity contribution >= 4 is 11.8 Å². The van der Waals surface area contributed by atoms with Crippen LogP contribution >= 0.6 is 0 Å². The van der Waals surface area contributed by atoms with Crippen molar-refractivity contribution in [1.82, 2.24) is 15.2 Å². The molecule has 158 valence electrons. The summed E-state index contributed by atoms with van der Waals surface area (Å²) in [6.07, 6.45) is 3.57. The number of carbonyl (C=O) groups is 2. The van der Waals surface area contributed by atoms with Gasteiger partial charge in [-0.05, 0) is 42.7 Å². The van der Waals surface area contributed by atoms with E-state index in [0.29, 0.717) is 42.8 Å². The smallest absolute Gasteiger partial charge is 0.252 e. The van der Waals surface area contributed by atoms with Crippen LogP contribution in [0.3, 0.4) is 0 Å². The first kappa shape index (κ1) is 20.7. The number of amides is 2. The Morgan fingerprint density at radius 3 is 2.68 bits per heavy atom. The van der Waals surface area contributed by atoms with E-state index in [0.717, 1.165) is 12.0 Å². The number of hydrogen-bond acceptors (Lipinski definition) is 3. The summed E-state index contributed by atoms with van der Waals surface area (Å²) in [6.45, 7) is 1.08. The summed E-state index contributed by atoms with van der Waals surface area (Å²) in [5.74, 6) is -0.373. The van der Waals surface area contributed by atoms with E-state index in [2.05, 4.69) is 10.3 Å². The van der Waals surface area contributed by atoms with Crippen LogP contribution in [-0.4, -0.2) is 34.3 Å². The summed E-state index contributed by atoms with van der Waals surface area (Å²) in [5, 5.41) is 2.92. The Hall–Kier alpha value is -3.54. The Morgan fingerprint density at radius 1 is 1.10 bits per heavy atom. The number of hydrogen-bond donors (Lipinski definition) is 1. The van der Waals surface area contributed by atoms with E-state index in [4.69, 9.17) is 0 Å². The molecule has 3 aromatic rings. The molecular formula is C25H24FN3O2. The molecule has 2 aromatic carbocycles. The molecule has 1 aromatic heterocycles. The average Bonchev–Trinajstić information content (AvgIpc) is 3.14. The lowest BCUT2D eigenvalue weighted by Gasteiger charge is -2.25. The first-order chi connectivity index (χ1) is 15.1. The zero-order valence-electron chi connectivity index (χ0n) is 17.1. The van der Waals surface area contributed by atoms with E-state index >= 15 is 0 Å². The minimum Gasteiger partial charge on any atom is -0.352 e. The van der Waals surface area contributed by atoms with Gasteiger partial charge in [-0.15, -0.1) is 0 Å². The second kappa shape index (κ2) is 9.51. The highest BCUT2D eigenvalue weighted by Crippen LogP contribution is 2.23. The number of likely N-dealkylation sites (tertiary alicyclic amines) is 1. The maximum absolute atomic E-state index is 13.4. The number of carbonyl (C=O) groups excluding carboxylic acids is 2. The summed E-state index contributed by atoms with van der Waals surface area (Å²) in [6, 6.07) is 19.6. The Kier molecular flexibility index (Phi) is 6.36. The molecule has 0 spiro atoms. The molecule has 1 atom stereocenters. The molecule has 1 fully saturated rings. The van der Waals surface area contributed by atoms with Crippen molar-refractivity contribution in [1.29, 1.82) is 0 Å². The molecular weight excluding hydrogens is 393 g/mol. The molecule has 0 saturated carbocycles. The van der Waals surface area contributed by atoms with Crippen LogP contribution in [0.2, 0.25) is 0 Å². The van der Waals surface area contributed by atoms with Crippen LogP contribution in [0.15, 0.2) is 72.9 Å². The number of rotatable bonds is 7. The summed E-state index contributed by atoms with van der Waals surface area (Å²) in [7, 11) is 0. The molecule has 0 radical (unpaired) electrons. The van der Waals surface area contributed by atoms with Crippen molar-refractivity contribution in [3.63, 3.8) is 0 Å². The maximum Gasteiger partial charge on any atom is 0.252 e. The van der Waals surface area contributed by atoms with Gasteiger partial charge in [-0.25, -0.2) is 4.39 Å². The Labute approximate surface area is 180 Å². The maximum atomic E-state index is 13.4. The number of nitrogens with one attached hydrogen (secondary N) is 1. The quantitative estimate of drug-likeness (QED) is 0.627. The number of aromatic nitrogens is 1. The minimum absolute atomic E-state index is 0.126. The van der Waals surface area contributed by atoms with Gasteiger partial charge >= 0.3 is 0 Å². The average molecular weight is 417 g/mol. The summed E-state index contributed by atoms with van der Waals surface area (Å²) >= 11 is 0. The zero-order valence-corrected chi connectivity index (χ0v) is 17.1. The van der Waals surface area contributed by atoms with Gasteiger partial charge in [0, 0.05) is 37.3 Å². The first-order valence-corrected chi connectivity index (χ1v) is 10.4. The predicted molar refractivity (Wildman–Crippen MR) is 117 cm³/mol. The van der Waals surface area contributed by atoms with Crippen molar-refractivity contribution in [2.75, 3.05) is 6.54 Å². The summed E-state index contributed by atoms with van der Waals surface area (Å²) in [5.41, 5.74) is 2.83. The lowest BCUT2D eigenvalue weighted by atomic mass is 10.1. The van der Waals surface area contributed by atoms with E-state index in [1.807, 2.05) is 35.2 Å². The van der Waals surface area contributed by atoms with Gasteiger partial charge in [-0.3, -0.25) is 14.6 Å². The highest BCUT2D eigenvalue weighted by Gasteiger charge is 2.30. The van der Waals surface area contributed by atoms with Gasteiger partial charge in [0.2, 0.25) is 5.91 Å². The number of halogens is 1. The van der Waals surface area contributed by atoms with E-state index < -0.39 is 0 Å². The highest BCUT2D eigenvalue weighted by atomic mass is 19.1. The van der Waals surface area contributed by atoms with Gasteiger partial charge in [-0.2, -0.15) is 0 Å². The lowest BCUT2D eigenvalue weighted by molar-refractivity contribution is -0.129. The van der Waals surface area contributed by atoms with Gasteiger partial charge in [0.1, 0.15) is 5.82 Å². The molecule has 1 unspecified atom stereocenters. The van der Waals surface area contributed by atoms with Crippen molar-refractivity contribution in [3.8, 4) is 11.3 Å². The van der Waals surface area contributed by atoms with Crippen molar-refractivity contribution in [2.24, 2.45) is 0 Å². The third-order valence-electron chi connectivity index (χ3n) is 5.56. The van der Waals surface area contributed by atoms with Crippen LogP contribution in [-0.2, 0) is 11.3 Å². The number of pyridine rings is 1. The molecule has 1 N–H and O–H groups in total. The molecule has 1 aliphatic rings. The van der Waals surface area contributed by atoms with E-state index in [1.54, 1.807) is 24.3 Å². The third kappa shape index (κ3) is 5.15. The predicted octanol–water partition coefficient (Wildman–Crippen LogP) is 4.20. The van der Waals surface area contributed by atoms with Crippen LogP contribution in [0.5, 0.6) is 0 Å². The number of nitrogens with zero attached hydrogens (tertiary/aromatic N) is 2. The summed E-state index contributed by atoms with van der Waals surface area (Å²) < 4.78 is 13.4. The Morgan fingerprint density at radius 2 is 1.94 bits per heavy atom. The van der Waals surface area contributed by atoms with E-state index in [-0.39, 0.29) is 23.7 Å². The molecule has 2 amide bonds. The monoisotopic (exact) mass is 417 g/mol. The third-order valence-corrected chi connectivity index (χ3v) is 5.56. The molecule has 31 heavy (non-hydrogen) atoms. The van der Waals surface area contributed by atoms with Crippen LogP contribution in [0.25, 0.3) is 11.3 Å². The highest BCUT2D eigenvalue weighted by molar-refractivity contribution is 5.94. The summed E-state index contributed by atoms with van der Waals surface area (Å²) in [4.78, 5) is 30.9.